The lowest BCUT2D eigenvalue weighted by Crippen LogP contribution is -2.49. The molecule has 7 nitrogen and oxygen atoms in total. The molecule has 2 atom stereocenters. The number of rotatable bonds is 4. The fourth-order valence-electron chi connectivity index (χ4n) is 5.35. The van der Waals surface area contributed by atoms with Crippen molar-refractivity contribution in [3.8, 4) is 0 Å². The normalized spacial score (nSPS) is 25.4. The molecule has 2 aromatic heterocycles. The molecule has 0 bridgehead atoms. The Morgan fingerprint density at radius 3 is 2.55 bits per heavy atom. The molecule has 1 saturated heterocycles. The molecule has 1 saturated carbocycles. The number of carbonyl (C=O) groups excluding carboxylic acids is 1. The van der Waals surface area contributed by atoms with Crippen LogP contribution in [0.4, 0.5) is 13.2 Å². The second kappa shape index (κ2) is 9.21. The molecular formula is C23H32F3N5O2. The van der Waals surface area contributed by atoms with Gasteiger partial charge in [-0.2, -0.15) is 18.3 Å². The van der Waals surface area contributed by atoms with E-state index in [-0.39, 0.29) is 30.6 Å². The van der Waals surface area contributed by atoms with Crippen molar-refractivity contribution < 1.29 is 23.1 Å². The van der Waals surface area contributed by atoms with Gasteiger partial charge in [0, 0.05) is 36.7 Å². The van der Waals surface area contributed by atoms with Crippen molar-refractivity contribution in [2.24, 2.45) is 11.7 Å². The van der Waals surface area contributed by atoms with E-state index in [2.05, 4.69) is 4.98 Å². The van der Waals surface area contributed by atoms with Gasteiger partial charge < -0.3 is 15.7 Å². The standard InChI is InChI=1S/C23H32F3N5O2/c1-13-14(2)28-20-10-19(15-5-7-17(8-6-15)23(24,25)26)29-31(20)21(13)16-4-3-9-30(11-16)22(33)18(27)12-32/h10,15-18,32H,3-9,11-12,27H2,1-2H3/t15-,16-,17-,18+/m1/s1. The quantitative estimate of drug-likeness (QED) is 0.720. The summed E-state index contributed by atoms with van der Waals surface area (Å²) in [5, 5.41) is 14.1. The fourth-order valence-corrected chi connectivity index (χ4v) is 5.35. The van der Waals surface area contributed by atoms with E-state index in [4.69, 9.17) is 10.8 Å². The molecule has 0 spiro atoms. The number of carbonyl (C=O) groups is 1. The first kappa shape index (κ1) is 23.9. The average molecular weight is 468 g/mol. The van der Waals surface area contributed by atoms with Crippen LogP contribution in [0, 0.1) is 19.8 Å². The minimum atomic E-state index is -4.13. The summed E-state index contributed by atoms with van der Waals surface area (Å²) in [6, 6.07) is 0.981. The molecule has 1 aliphatic heterocycles. The predicted octanol–water partition coefficient (Wildman–Crippen LogP) is 3.21. The van der Waals surface area contributed by atoms with Gasteiger partial charge in [-0.1, -0.05) is 0 Å². The summed E-state index contributed by atoms with van der Waals surface area (Å²) in [7, 11) is 0. The van der Waals surface area contributed by atoms with E-state index in [1.807, 2.05) is 24.4 Å². The van der Waals surface area contributed by atoms with E-state index in [0.717, 1.165) is 35.5 Å². The lowest BCUT2D eigenvalue weighted by molar-refractivity contribution is -0.182. The number of aliphatic hydroxyl groups excluding tert-OH is 1. The zero-order valence-corrected chi connectivity index (χ0v) is 19.1. The summed E-state index contributed by atoms with van der Waals surface area (Å²) in [5.74, 6) is -1.46. The van der Waals surface area contributed by atoms with E-state index in [1.165, 1.54) is 0 Å². The van der Waals surface area contributed by atoms with Crippen LogP contribution in [0.25, 0.3) is 5.65 Å². The minimum absolute atomic E-state index is 0.00857. The molecule has 2 aromatic rings. The molecule has 33 heavy (non-hydrogen) atoms. The summed E-state index contributed by atoms with van der Waals surface area (Å²) >= 11 is 0. The largest absolute Gasteiger partial charge is 0.394 e. The van der Waals surface area contributed by atoms with Crippen LogP contribution in [0.2, 0.25) is 0 Å². The van der Waals surface area contributed by atoms with E-state index in [0.29, 0.717) is 31.6 Å². The lowest BCUT2D eigenvalue weighted by Gasteiger charge is -2.35. The Kier molecular flexibility index (Phi) is 6.68. The number of likely N-dealkylation sites (tertiary alicyclic amines) is 1. The fraction of sp³-hybridized carbons (Fsp3) is 0.696. The van der Waals surface area contributed by atoms with E-state index in [9.17, 15) is 23.1 Å². The number of aryl methyl sites for hydroxylation is 1. The first-order valence-corrected chi connectivity index (χ1v) is 11.7. The first-order chi connectivity index (χ1) is 15.6. The lowest BCUT2D eigenvalue weighted by atomic mass is 9.80. The minimum Gasteiger partial charge on any atom is -0.394 e. The van der Waals surface area contributed by atoms with Gasteiger partial charge in [0.25, 0.3) is 0 Å². The highest BCUT2D eigenvalue weighted by atomic mass is 19.4. The smallest absolute Gasteiger partial charge is 0.391 e. The van der Waals surface area contributed by atoms with Crippen LogP contribution in [-0.4, -0.2) is 62.4 Å². The van der Waals surface area contributed by atoms with Crippen LogP contribution in [-0.2, 0) is 4.79 Å². The molecule has 0 radical (unpaired) electrons. The molecule has 3 N–H and O–H groups in total. The molecule has 0 unspecified atom stereocenters. The van der Waals surface area contributed by atoms with Crippen LogP contribution in [0.1, 0.15) is 73.0 Å². The number of alkyl halides is 3. The highest BCUT2D eigenvalue weighted by Gasteiger charge is 2.42. The maximum atomic E-state index is 13.1. The molecule has 2 fully saturated rings. The highest BCUT2D eigenvalue weighted by Crippen LogP contribution is 2.43. The first-order valence-electron chi connectivity index (χ1n) is 11.7. The van der Waals surface area contributed by atoms with Gasteiger partial charge in [0.2, 0.25) is 5.91 Å². The summed E-state index contributed by atoms with van der Waals surface area (Å²) in [6.45, 7) is 4.62. The van der Waals surface area contributed by atoms with Gasteiger partial charge >= 0.3 is 6.18 Å². The highest BCUT2D eigenvalue weighted by molar-refractivity contribution is 5.82. The molecule has 2 aliphatic rings. The number of hydrogen-bond donors (Lipinski definition) is 2. The van der Waals surface area contributed by atoms with Crippen LogP contribution in [0.15, 0.2) is 6.07 Å². The number of aromatic nitrogens is 3. The topological polar surface area (TPSA) is 96.8 Å². The van der Waals surface area contributed by atoms with Crippen molar-refractivity contribution in [1.29, 1.82) is 0 Å². The second-order valence-corrected chi connectivity index (χ2v) is 9.55. The zero-order valence-electron chi connectivity index (χ0n) is 19.1. The van der Waals surface area contributed by atoms with Gasteiger partial charge in [-0.25, -0.2) is 9.50 Å². The van der Waals surface area contributed by atoms with Gasteiger partial charge in [0.15, 0.2) is 5.65 Å². The van der Waals surface area contributed by atoms with E-state index < -0.39 is 24.7 Å². The Balaban J connectivity index is 1.62. The van der Waals surface area contributed by atoms with Crippen LogP contribution >= 0.6 is 0 Å². The molecule has 182 valence electrons. The number of nitrogens with two attached hydrogens (primary N) is 1. The van der Waals surface area contributed by atoms with Crippen molar-refractivity contribution in [3.05, 3.63) is 28.7 Å². The number of nitrogens with zero attached hydrogens (tertiary/aromatic N) is 4. The van der Waals surface area contributed by atoms with Gasteiger partial charge in [-0.15, -0.1) is 0 Å². The van der Waals surface area contributed by atoms with Crippen molar-refractivity contribution in [2.75, 3.05) is 19.7 Å². The van der Waals surface area contributed by atoms with E-state index in [1.54, 1.807) is 4.90 Å². The number of hydrogen-bond acceptors (Lipinski definition) is 5. The Morgan fingerprint density at radius 1 is 1.21 bits per heavy atom. The number of piperidine rings is 1. The predicted molar refractivity (Wildman–Crippen MR) is 117 cm³/mol. The van der Waals surface area contributed by atoms with Gasteiger partial charge in [0.1, 0.15) is 6.04 Å². The molecule has 10 heteroatoms. The zero-order chi connectivity index (χ0) is 23.9. The van der Waals surface area contributed by atoms with Crippen molar-refractivity contribution in [2.45, 2.75) is 76.4 Å². The summed E-state index contributed by atoms with van der Waals surface area (Å²) in [4.78, 5) is 18.9. The monoisotopic (exact) mass is 467 g/mol. The third-order valence-corrected chi connectivity index (χ3v) is 7.39. The second-order valence-electron chi connectivity index (χ2n) is 9.55. The SMILES string of the molecule is Cc1nc2cc([C@H]3CC[C@H](C(F)(F)F)CC3)nn2c([C@@H]2CCCN(C(=O)[C@@H](N)CO)C2)c1C. The summed E-state index contributed by atoms with van der Waals surface area (Å²) in [6.07, 6.45) is -1.25. The Hall–Kier alpha value is -2.20. The maximum absolute atomic E-state index is 13.1. The third kappa shape index (κ3) is 4.73. The van der Waals surface area contributed by atoms with Gasteiger partial charge in [-0.05, 0) is 57.9 Å². The number of halogens is 3. The van der Waals surface area contributed by atoms with Crippen molar-refractivity contribution in [1.82, 2.24) is 19.5 Å². The molecule has 0 aromatic carbocycles. The van der Waals surface area contributed by atoms with Crippen molar-refractivity contribution in [3.63, 3.8) is 0 Å². The summed E-state index contributed by atoms with van der Waals surface area (Å²) < 4.78 is 41.0. The average Bonchev–Trinajstić information content (AvgIpc) is 3.21. The molecule has 1 aliphatic carbocycles. The molecule has 3 heterocycles. The Labute approximate surface area is 191 Å². The van der Waals surface area contributed by atoms with E-state index >= 15 is 0 Å². The Morgan fingerprint density at radius 2 is 1.91 bits per heavy atom. The Bertz CT molecular complexity index is 1010. The van der Waals surface area contributed by atoms with Crippen LogP contribution < -0.4 is 5.73 Å². The third-order valence-electron chi connectivity index (χ3n) is 7.39. The van der Waals surface area contributed by atoms with Crippen LogP contribution in [0.3, 0.4) is 0 Å². The molecule has 1 amide bonds. The number of aliphatic hydroxyl groups is 1. The van der Waals surface area contributed by atoms with Gasteiger partial charge in [0.05, 0.1) is 23.9 Å². The van der Waals surface area contributed by atoms with Crippen LogP contribution in [0.5, 0.6) is 0 Å². The molecule has 4 rings (SSSR count). The van der Waals surface area contributed by atoms with Gasteiger partial charge in [-0.3, -0.25) is 4.79 Å². The maximum Gasteiger partial charge on any atom is 0.391 e. The van der Waals surface area contributed by atoms with Crippen molar-refractivity contribution >= 4 is 11.6 Å². The number of fused-ring (bicyclic) bond motifs is 1. The molecular weight excluding hydrogens is 435 g/mol. The number of amides is 1. The summed E-state index contributed by atoms with van der Waals surface area (Å²) in [5.41, 5.74) is 10.1.